The Hall–Kier alpha value is -1.58. The molecule has 0 unspecified atom stereocenters. The molecule has 1 aliphatic heterocycles. The van der Waals surface area contributed by atoms with Crippen LogP contribution in [-0.2, 0) is 14.3 Å². The van der Waals surface area contributed by atoms with Gasteiger partial charge in [0.15, 0.2) is 11.6 Å². The fourth-order valence-electron chi connectivity index (χ4n) is 5.96. The summed E-state index contributed by atoms with van der Waals surface area (Å²) in [6.07, 6.45) is 4.96. The van der Waals surface area contributed by atoms with Gasteiger partial charge in [0.05, 0.1) is 5.41 Å². The number of rotatable bonds is 3. The van der Waals surface area contributed by atoms with E-state index in [2.05, 4.69) is 13.8 Å². The molecule has 0 saturated heterocycles. The van der Waals surface area contributed by atoms with Crippen LogP contribution in [0, 0.1) is 28.6 Å². The molecule has 0 amide bonds. The lowest BCUT2D eigenvalue weighted by molar-refractivity contribution is -0.131. The molecule has 4 heteroatoms. The third-order valence-corrected chi connectivity index (χ3v) is 7.95. The van der Waals surface area contributed by atoms with Crippen molar-refractivity contribution in [2.75, 3.05) is 0 Å². The van der Waals surface area contributed by atoms with E-state index in [0.717, 1.165) is 12.8 Å². The molecule has 2 saturated carbocycles. The molecule has 1 heterocycles. The lowest BCUT2D eigenvalue weighted by Gasteiger charge is -2.45. The van der Waals surface area contributed by atoms with Crippen molar-refractivity contribution in [1.82, 2.24) is 0 Å². The van der Waals surface area contributed by atoms with Gasteiger partial charge in [-0.1, -0.05) is 27.7 Å². The van der Waals surface area contributed by atoms with Crippen molar-refractivity contribution < 1.29 is 19.4 Å². The molecule has 4 nitrogen and oxygen atoms in total. The summed E-state index contributed by atoms with van der Waals surface area (Å²) >= 11 is 0. The van der Waals surface area contributed by atoms with Crippen LogP contribution in [0.1, 0.15) is 73.6 Å². The summed E-state index contributed by atoms with van der Waals surface area (Å²) < 4.78 is 6.67. The summed E-state index contributed by atoms with van der Waals surface area (Å²) in [5.41, 5.74) is -0.0511. The van der Waals surface area contributed by atoms with Crippen LogP contribution in [0.5, 0.6) is 0 Å². The smallest absolute Gasteiger partial charge is 0.183 e. The van der Waals surface area contributed by atoms with E-state index < -0.39 is 5.41 Å². The molecule has 4 aliphatic rings. The summed E-state index contributed by atoms with van der Waals surface area (Å²) in [6, 6.07) is 0. The van der Waals surface area contributed by atoms with E-state index in [1.54, 1.807) is 13.8 Å². The third-order valence-electron chi connectivity index (χ3n) is 7.95. The minimum atomic E-state index is -0.910. The Morgan fingerprint density at radius 2 is 1.81 bits per heavy atom. The van der Waals surface area contributed by atoms with Gasteiger partial charge in [-0.25, -0.2) is 0 Å². The highest BCUT2D eigenvalue weighted by atomic mass is 16.5. The van der Waals surface area contributed by atoms with Crippen LogP contribution in [0.4, 0.5) is 0 Å². The highest BCUT2D eigenvalue weighted by molar-refractivity contribution is 6.24. The quantitative estimate of drug-likeness (QED) is 0.716. The van der Waals surface area contributed by atoms with Crippen molar-refractivity contribution in [3.8, 4) is 0 Å². The van der Waals surface area contributed by atoms with Gasteiger partial charge >= 0.3 is 0 Å². The Balaban J connectivity index is 1.75. The molecule has 2 fully saturated rings. The van der Waals surface area contributed by atoms with Crippen molar-refractivity contribution in [2.24, 2.45) is 28.6 Å². The molecule has 0 aromatic heterocycles. The Labute approximate surface area is 162 Å². The first-order chi connectivity index (χ1) is 12.5. The molecule has 3 atom stereocenters. The first kappa shape index (κ1) is 18.8. The van der Waals surface area contributed by atoms with E-state index in [1.807, 2.05) is 13.8 Å². The number of hydrogen-bond acceptors (Lipinski definition) is 4. The van der Waals surface area contributed by atoms with Crippen LogP contribution >= 0.6 is 0 Å². The van der Waals surface area contributed by atoms with Crippen molar-refractivity contribution in [1.29, 1.82) is 0 Å². The second kappa shape index (κ2) is 5.48. The lowest BCUT2D eigenvalue weighted by atomic mass is 9.70. The van der Waals surface area contributed by atoms with E-state index in [0.29, 0.717) is 35.0 Å². The SMILES string of the molecule is CC(C)C(=O)C1=C(O)C2=C(O[C@@]3(CC2)CC[C@]2(C(C)C)C[C@H]32)C(C)(C)C1=O. The maximum absolute atomic E-state index is 13.2. The van der Waals surface area contributed by atoms with Gasteiger partial charge in [-0.15, -0.1) is 0 Å². The zero-order valence-corrected chi connectivity index (χ0v) is 17.4. The first-order valence-electron chi connectivity index (χ1n) is 10.4. The second-order valence-electron chi connectivity index (χ2n) is 10.3. The Kier molecular flexibility index (Phi) is 3.81. The number of carbonyl (C=O) groups excluding carboxylic acids is 2. The van der Waals surface area contributed by atoms with E-state index in [1.165, 1.54) is 12.8 Å². The van der Waals surface area contributed by atoms with E-state index in [-0.39, 0.29) is 34.4 Å². The van der Waals surface area contributed by atoms with Gasteiger partial charge in [-0.3, -0.25) is 9.59 Å². The molecule has 1 N–H and O–H groups in total. The van der Waals surface area contributed by atoms with Gasteiger partial charge in [-0.2, -0.15) is 0 Å². The summed E-state index contributed by atoms with van der Waals surface area (Å²) in [7, 11) is 0. The molecule has 0 aromatic carbocycles. The summed E-state index contributed by atoms with van der Waals surface area (Å²) in [6.45, 7) is 11.8. The van der Waals surface area contributed by atoms with Crippen molar-refractivity contribution >= 4 is 11.6 Å². The molecule has 1 spiro atoms. The normalized spacial score (nSPS) is 37.0. The number of fused-ring (bicyclic) bond motifs is 2. The molecule has 4 rings (SSSR count). The molecular weight excluding hydrogens is 340 g/mol. The standard InChI is InChI=1S/C23H32O4/c1-12(2)17(24)16-18(25)14-7-8-23(27-20(14)21(5,6)19(16)26)10-9-22(13(3)4)11-15(22)23/h12-13,15,25H,7-11H2,1-6H3/t15-,22+,23-/m0/s1. The summed E-state index contributed by atoms with van der Waals surface area (Å²) in [4.78, 5) is 25.8. The topological polar surface area (TPSA) is 63.6 Å². The van der Waals surface area contributed by atoms with Crippen LogP contribution < -0.4 is 0 Å². The number of allylic oxidation sites excluding steroid dienone is 3. The van der Waals surface area contributed by atoms with E-state index >= 15 is 0 Å². The Morgan fingerprint density at radius 3 is 2.33 bits per heavy atom. The highest BCUT2D eigenvalue weighted by Crippen LogP contribution is 2.74. The van der Waals surface area contributed by atoms with Crippen molar-refractivity contribution in [3.05, 3.63) is 22.7 Å². The number of aliphatic hydroxyl groups excluding tert-OH is 1. The van der Waals surface area contributed by atoms with Crippen LogP contribution in [0.2, 0.25) is 0 Å². The number of hydrogen-bond donors (Lipinski definition) is 1. The third kappa shape index (κ3) is 2.28. The first-order valence-corrected chi connectivity index (χ1v) is 10.4. The molecule has 148 valence electrons. The average Bonchev–Trinajstić information content (AvgIpc) is 3.29. The summed E-state index contributed by atoms with van der Waals surface area (Å²) in [5.74, 6) is 0.764. The molecule has 27 heavy (non-hydrogen) atoms. The minimum absolute atomic E-state index is 0.0253. The van der Waals surface area contributed by atoms with Crippen LogP contribution in [0.15, 0.2) is 22.7 Å². The number of ketones is 2. The number of carbonyl (C=O) groups is 2. The Morgan fingerprint density at radius 1 is 1.15 bits per heavy atom. The van der Waals surface area contributed by atoms with Gasteiger partial charge in [0.1, 0.15) is 22.7 Å². The molecule has 3 aliphatic carbocycles. The van der Waals surface area contributed by atoms with Gasteiger partial charge in [0.2, 0.25) is 0 Å². The molecule has 0 aromatic rings. The van der Waals surface area contributed by atoms with Gasteiger partial charge < -0.3 is 9.84 Å². The second-order valence-corrected chi connectivity index (χ2v) is 10.3. The monoisotopic (exact) mass is 372 g/mol. The number of aliphatic hydroxyl groups is 1. The van der Waals surface area contributed by atoms with Crippen LogP contribution in [0.25, 0.3) is 0 Å². The van der Waals surface area contributed by atoms with Gasteiger partial charge in [-0.05, 0) is 57.3 Å². The average molecular weight is 373 g/mol. The highest BCUT2D eigenvalue weighted by Gasteiger charge is 2.71. The minimum Gasteiger partial charge on any atom is -0.507 e. The Bertz CT molecular complexity index is 797. The zero-order chi connectivity index (χ0) is 19.9. The number of ether oxygens (including phenoxy) is 1. The predicted molar refractivity (Wildman–Crippen MR) is 103 cm³/mol. The maximum atomic E-state index is 13.2. The summed E-state index contributed by atoms with van der Waals surface area (Å²) in [5, 5.41) is 10.8. The van der Waals surface area contributed by atoms with Gasteiger partial charge in [0.25, 0.3) is 0 Å². The maximum Gasteiger partial charge on any atom is 0.183 e. The van der Waals surface area contributed by atoms with E-state index in [9.17, 15) is 14.7 Å². The predicted octanol–water partition coefficient (Wildman–Crippen LogP) is 4.89. The fraction of sp³-hybridized carbons (Fsp3) is 0.739. The molecular formula is C23H32O4. The van der Waals surface area contributed by atoms with Crippen molar-refractivity contribution in [3.63, 3.8) is 0 Å². The fourth-order valence-corrected chi connectivity index (χ4v) is 5.96. The van der Waals surface area contributed by atoms with Crippen LogP contribution in [-0.4, -0.2) is 22.3 Å². The van der Waals surface area contributed by atoms with E-state index in [4.69, 9.17) is 4.74 Å². The number of Topliss-reactive ketones (excluding diaryl/α,β-unsaturated/α-hetero) is 2. The molecule has 0 bridgehead atoms. The zero-order valence-electron chi connectivity index (χ0n) is 17.4. The molecule has 0 radical (unpaired) electrons. The van der Waals surface area contributed by atoms with Crippen molar-refractivity contribution in [2.45, 2.75) is 79.2 Å². The van der Waals surface area contributed by atoms with Gasteiger partial charge in [0, 0.05) is 17.4 Å². The largest absolute Gasteiger partial charge is 0.507 e. The van der Waals surface area contributed by atoms with Crippen LogP contribution in [0.3, 0.4) is 0 Å². The lowest BCUT2D eigenvalue weighted by Crippen LogP contribution is -2.45.